The summed E-state index contributed by atoms with van der Waals surface area (Å²) in [6.45, 7) is 3.66. The summed E-state index contributed by atoms with van der Waals surface area (Å²) in [6, 6.07) is 11.7. The number of alkyl halides is 3. The van der Waals surface area contributed by atoms with E-state index >= 15 is 0 Å². The molecule has 2 unspecified atom stereocenters. The first-order valence-corrected chi connectivity index (χ1v) is 9.48. The standard InChI is InChI=1S/C22H23F3N2O2/c1-14(17-7-5-8-18(12-17)22(23,24)25)26-21(29)13-20-19-9-4-3-6-16(19)10-11-27(20)15(2)28/h3-9,12,14,20H,10-11,13H2,1-2H3,(H,26,29). The second-order valence-electron chi connectivity index (χ2n) is 7.29. The number of nitrogens with zero attached hydrogens (tertiary/aromatic N) is 1. The Morgan fingerprint density at radius 2 is 1.90 bits per heavy atom. The highest BCUT2D eigenvalue weighted by Gasteiger charge is 2.32. The van der Waals surface area contributed by atoms with Crippen molar-refractivity contribution in [3.05, 3.63) is 70.8 Å². The first kappa shape index (κ1) is 20.9. The molecule has 2 amide bonds. The van der Waals surface area contributed by atoms with E-state index in [0.717, 1.165) is 29.7 Å². The minimum atomic E-state index is -4.44. The van der Waals surface area contributed by atoms with Crippen molar-refractivity contribution >= 4 is 11.8 Å². The van der Waals surface area contributed by atoms with Crippen LogP contribution >= 0.6 is 0 Å². The van der Waals surface area contributed by atoms with Crippen LogP contribution < -0.4 is 5.32 Å². The largest absolute Gasteiger partial charge is 0.416 e. The highest BCUT2D eigenvalue weighted by Crippen LogP contribution is 2.33. The quantitative estimate of drug-likeness (QED) is 0.820. The van der Waals surface area contributed by atoms with Gasteiger partial charge in [0, 0.05) is 13.5 Å². The van der Waals surface area contributed by atoms with E-state index in [0.29, 0.717) is 12.1 Å². The van der Waals surface area contributed by atoms with Crippen molar-refractivity contribution in [2.45, 2.75) is 44.9 Å². The molecule has 2 aromatic rings. The Labute approximate surface area is 167 Å². The van der Waals surface area contributed by atoms with E-state index in [1.165, 1.54) is 13.0 Å². The van der Waals surface area contributed by atoms with Gasteiger partial charge in [-0.25, -0.2) is 0 Å². The summed E-state index contributed by atoms with van der Waals surface area (Å²) >= 11 is 0. The molecule has 0 saturated heterocycles. The van der Waals surface area contributed by atoms with Gasteiger partial charge in [-0.1, -0.05) is 36.4 Å². The number of carbonyl (C=O) groups excluding carboxylic acids is 2. The average Bonchev–Trinajstić information content (AvgIpc) is 2.67. The average molecular weight is 404 g/mol. The van der Waals surface area contributed by atoms with Crippen molar-refractivity contribution in [1.29, 1.82) is 0 Å². The van der Waals surface area contributed by atoms with Gasteiger partial charge in [-0.05, 0) is 42.2 Å². The predicted octanol–water partition coefficient (Wildman–Crippen LogP) is 4.42. The number of benzene rings is 2. The van der Waals surface area contributed by atoms with E-state index in [1.807, 2.05) is 24.3 Å². The zero-order valence-electron chi connectivity index (χ0n) is 16.3. The van der Waals surface area contributed by atoms with Crippen molar-refractivity contribution in [3.8, 4) is 0 Å². The zero-order valence-corrected chi connectivity index (χ0v) is 16.3. The smallest absolute Gasteiger partial charge is 0.350 e. The number of carbonyl (C=O) groups is 2. The molecular formula is C22H23F3N2O2. The maximum absolute atomic E-state index is 12.9. The van der Waals surface area contributed by atoms with Crippen LogP contribution in [0, 0.1) is 0 Å². The molecule has 0 spiro atoms. The molecular weight excluding hydrogens is 381 g/mol. The molecule has 0 bridgehead atoms. The monoisotopic (exact) mass is 404 g/mol. The molecule has 1 heterocycles. The normalized spacial score (nSPS) is 17.4. The molecule has 29 heavy (non-hydrogen) atoms. The second-order valence-corrected chi connectivity index (χ2v) is 7.29. The highest BCUT2D eigenvalue weighted by molar-refractivity contribution is 5.80. The van der Waals surface area contributed by atoms with Crippen LogP contribution in [0.1, 0.15) is 54.6 Å². The van der Waals surface area contributed by atoms with Crippen LogP contribution in [-0.4, -0.2) is 23.3 Å². The molecule has 1 aliphatic rings. The molecule has 0 saturated carbocycles. The van der Waals surface area contributed by atoms with Gasteiger partial charge < -0.3 is 10.2 Å². The Kier molecular flexibility index (Phi) is 5.96. The van der Waals surface area contributed by atoms with Gasteiger partial charge in [0.1, 0.15) is 0 Å². The number of hydrogen-bond acceptors (Lipinski definition) is 2. The van der Waals surface area contributed by atoms with Gasteiger partial charge in [-0.15, -0.1) is 0 Å². The Balaban J connectivity index is 1.75. The fraction of sp³-hybridized carbons (Fsp3) is 0.364. The van der Waals surface area contributed by atoms with Crippen LogP contribution in [0.4, 0.5) is 13.2 Å². The van der Waals surface area contributed by atoms with Crippen LogP contribution in [0.3, 0.4) is 0 Å². The van der Waals surface area contributed by atoms with Crippen molar-refractivity contribution in [2.75, 3.05) is 6.54 Å². The third kappa shape index (κ3) is 4.78. The van der Waals surface area contributed by atoms with E-state index in [9.17, 15) is 22.8 Å². The third-order valence-electron chi connectivity index (χ3n) is 5.29. The topological polar surface area (TPSA) is 49.4 Å². The summed E-state index contributed by atoms with van der Waals surface area (Å²) in [4.78, 5) is 26.4. The van der Waals surface area contributed by atoms with Gasteiger partial charge in [-0.2, -0.15) is 13.2 Å². The molecule has 0 fully saturated rings. The number of halogens is 3. The lowest BCUT2D eigenvalue weighted by Crippen LogP contribution is -2.41. The van der Waals surface area contributed by atoms with Gasteiger partial charge >= 0.3 is 6.18 Å². The Hall–Kier alpha value is -2.83. The number of nitrogens with one attached hydrogen (secondary N) is 1. The summed E-state index contributed by atoms with van der Waals surface area (Å²) in [7, 11) is 0. The molecule has 0 aromatic heterocycles. The van der Waals surface area contributed by atoms with E-state index < -0.39 is 17.8 Å². The molecule has 3 rings (SSSR count). The second kappa shape index (κ2) is 8.27. The van der Waals surface area contributed by atoms with Crippen molar-refractivity contribution in [3.63, 3.8) is 0 Å². The SMILES string of the molecule is CC(=O)N1CCc2ccccc2C1CC(=O)NC(C)c1cccc(C(F)(F)F)c1. The van der Waals surface area contributed by atoms with Gasteiger partial charge in [0.2, 0.25) is 11.8 Å². The van der Waals surface area contributed by atoms with E-state index in [-0.39, 0.29) is 24.3 Å². The molecule has 154 valence electrons. The summed E-state index contributed by atoms with van der Waals surface area (Å²) in [5.74, 6) is -0.425. The highest BCUT2D eigenvalue weighted by atomic mass is 19.4. The Morgan fingerprint density at radius 1 is 1.17 bits per heavy atom. The maximum Gasteiger partial charge on any atom is 0.416 e. The molecule has 1 N–H and O–H groups in total. The summed E-state index contributed by atoms with van der Waals surface area (Å²) < 4.78 is 38.8. The van der Waals surface area contributed by atoms with Gasteiger partial charge in [0.05, 0.1) is 24.1 Å². The molecule has 0 radical (unpaired) electrons. The lowest BCUT2D eigenvalue weighted by Gasteiger charge is -2.36. The van der Waals surface area contributed by atoms with E-state index in [2.05, 4.69) is 5.32 Å². The molecule has 2 aromatic carbocycles. The number of amides is 2. The fourth-order valence-corrected chi connectivity index (χ4v) is 3.79. The molecule has 7 heteroatoms. The number of hydrogen-bond donors (Lipinski definition) is 1. The molecule has 0 aliphatic carbocycles. The number of rotatable bonds is 4. The van der Waals surface area contributed by atoms with E-state index in [4.69, 9.17) is 0 Å². The molecule has 2 atom stereocenters. The third-order valence-corrected chi connectivity index (χ3v) is 5.29. The minimum absolute atomic E-state index is 0.0555. The minimum Gasteiger partial charge on any atom is -0.350 e. The molecule has 4 nitrogen and oxygen atoms in total. The Bertz CT molecular complexity index is 911. The predicted molar refractivity (Wildman–Crippen MR) is 103 cm³/mol. The van der Waals surface area contributed by atoms with Crippen LogP contribution in [0.5, 0.6) is 0 Å². The van der Waals surface area contributed by atoms with Crippen molar-refractivity contribution < 1.29 is 22.8 Å². The Morgan fingerprint density at radius 3 is 2.59 bits per heavy atom. The lowest BCUT2D eigenvalue weighted by atomic mass is 9.90. The maximum atomic E-state index is 12.9. The van der Waals surface area contributed by atoms with Crippen LogP contribution in [0.25, 0.3) is 0 Å². The van der Waals surface area contributed by atoms with Crippen LogP contribution in [-0.2, 0) is 22.2 Å². The zero-order chi connectivity index (χ0) is 21.2. The van der Waals surface area contributed by atoms with Gasteiger partial charge in [0.25, 0.3) is 0 Å². The lowest BCUT2D eigenvalue weighted by molar-refractivity contribution is -0.137. The van der Waals surface area contributed by atoms with Crippen LogP contribution in [0.2, 0.25) is 0 Å². The first-order valence-electron chi connectivity index (χ1n) is 9.48. The number of fused-ring (bicyclic) bond motifs is 1. The van der Waals surface area contributed by atoms with E-state index in [1.54, 1.807) is 17.9 Å². The first-order chi connectivity index (χ1) is 13.7. The summed E-state index contributed by atoms with van der Waals surface area (Å²) in [5.41, 5.74) is 1.67. The van der Waals surface area contributed by atoms with Crippen molar-refractivity contribution in [2.24, 2.45) is 0 Å². The molecule has 1 aliphatic heterocycles. The fourth-order valence-electron chi connectivity index (χ4n) is 3.79. The van der Waals surface area contributed by atoms with Gasteiger partial charge in [0.15, 0.2) is 0 Å². The summed E-state index contributed by atoms with van der Waals surface area (Å²) in [6.07, 6.45) is -3.65. The summed E-state index contributed by atoms with van der Waals surface area (Å²) in [5, 5.41) is 2.77. The van der Waals surface area contributed by atoms with Gasteiger partial charge in [-0.3, -0.25) is 9.59 Å². The van der Waals surface area contributed by atoms with Crippen LogP contribution in [0.15, 0.2) is 48.5 Å². The van der Waals surface area contributed by atoms with Crippen molar-refractivity contribution in [1.82, 2.24) is 10.2 Å².